The molecule has 0 aromatic carbocycles. The monoisotopic (exact) mass is 302 g/mol. The van der Waals surface area contributed by atoms with Crippen molar-refractivity contribution in [3.63, 3.8) is 0 Å². The van der Waals surface area contributed by atoms with E-state index in [1.54, 1.807) is 11.3 Å². The molecule has 5 nitrogen and oxygen atoms in total. The van der Waals surface area contributed by atoms with E-state index in [1.807, 2.05) is 26.3 Å². The number of aliphatic hydroxyl groups excluding tert-OH is 2. The molecular formula is C14H26N2O3S. The van der Waals surface area contributed by atoms with E-state index in [4.69, 9.17) is 4.74 Å². The van der Waals surface area contributed by atoms with Crippen LogP contribution in [0.25, 0.3) is 0 Å². The number of nitrogens with zero attached hydrogens (tertiary/aromatic N) is 1. The maximum Gasteiger partial charge on any atom is 0.0897 e. The molecule has 0 aliphatic rings. The molecule has 1 unspecified atom stereocenters. The van der Waals surface area contributed by atoms with E-state index in [0.29, 0.717) is 25.7 Å². The number of hydrogen-bond acceptors (Lipinski definition) is 6. The van der Waals surface area contributed by atoms with Crippen molar-refractivity contribution in [2.75, 3.05) is 26.4 Å². The summed E-state index contributed by atoms with van der Waals surface area (Å²) in [7, 11) is 0. The molecule has 1 heterocycles. The van der Waals surface area contributed by atoms with Crippen LogP contribution in [0.3, 0.4) is 0 Å². The quantitative estimate of drug-likeness (QED) is 0.562. The molecule has 0 saturated heterocycles. The molecule has 0 aliphatic heterocycles. The lowest BCUT2D eigenvalue weighted by molar-refractivity contribution is 0.0347. The summed E-state index contributed by atoms with van der Waals surface area (Å²) >= 11 is 1.63. The molecule has 0 bridgehead atoms. The fourth-order valence-electron chi connectivity index (χ4n) is 1.81. The highest BCUT2D eigenvalue weighted by Gasteiger charge is 2.13. The van der Waals surface area contributed by atoms with Gasteiger partial charge in [0.25, 0.3) is 0 Å². The Morgan fingerprint density at radius 2 is 2.20 bits per heavy atom. The minimum Gasteiger partial charge on any atom is -0.395 e. The molecule has 20 heavy (non-hydrogen) atoms. The second kappa shape index (κ2) is 9.41. The van der Waals surface area contributed by atoms with E-state index in [0.717, 1.165) is 12.1 Å². The van der Waals surface area contributed by atoms with Crippen molar-refractivity contribution in [3.8, 4) is 0 Å². The highest BCUT2D eigenvalue weighted by molar-refractivity contribution is 7.09. The summed E-state index contributed by atoms with van der Waals surface area (Å²) in [5, 5.41) is 22.1. The van der Waals surface area contributed by atoms with E-state index in [2.05, 4.69) is 10.3 Å². The highest BCUT2D eigenvalue weighted by atomic mass is 32.1. The SMILES string of the molecule is Cc1ncsc1CCOCC(O)CN[C@H](CO)C(C)C. The predicted molar refractivity (Wildman–Crippen MR) is 81.1 cm³/mol. The number of rotatable bonds is 10. The van der Waals surface area contributed by atoms with Gasteiger partial charge < -0.3 is 20.3 Å². The molecule has 116 valence electrons. The minimum absolute atomic E-state index is 0.0180. The Balaban J connectivity index is 2.11. The third-order valence-corrected chi connectivity index (χ3v) is 4.24. The summed E-state index contributed by atoms with van der Waals surface area (Å²) in [6.45, 7) is 7.47. The number of aryl methyl sites for hydroxylation is 1. The van der Waals surface area contributed by atoms with Crippen LogP contribution in [-0.4, -0.2) is 53.7 Å². The third-order valence-electron chi connectivity index (χ3n) is 3.25. The average molecular weight is 302 g/mol. The Bertz CT molecular complexity index is 371. The first kappa shape index (κ1) is 17.5. The molecule has 3 N–H and O–H groups in total. The van der Waals surface area contributed by atoms with Crippen LogP contribution in [0.2, 0.25) is 0 Å². The van der Waals surface area contributed by atoms with Gasteiger partial charge in [-0.2, -0.15) is 0 Å². The van der Waals surface area contributed by atoms with Crippen LogP contribution < -0.4 is 5.32 Å². The molecule has 0 aliphatic carbocycles. The van der Waals surface area contributed by atoms with Gasteiger partial charge in [-0.25, -0.2) is 4.98 Å². The van der Waals surface area contributed by atoms with Crippen LogP contribution >= 0.6 is 11.3 Å². The summed E-state index contributed by atoms with van der Waals surface area (Å²) in [4.78, 5) is 5.42. The van der Waals surface area contributed by atoms with E-state index in [1.165, 1.54) is 4.88 Å². The van der Waals surface area contributed by atoms with E-state index in [-0.39, 0.29) is 12.6 Å². The molecule has 6 heteroatoms. The highest BCUT2D eigenvalue weighted by Crippen LogP contribution is 2.12. The Morgan fingerprint density at radius 1 is 1.45 bits per heavy atom. The molecule has 2 atom stereocenters. The lowest BCUT2D eigenvalue weighted by Crippen LogP contribution is -2.42. The van der Waals surface area contributed by atoms with Gasteiger partial charge in [-0.3, -0.25) is 0 Å². The summed E-state index contributed by atoms with van der Waals surface area (Å²) in [5.74, 6) is 0.336. The first-order valence-corrected chi connectivity index (χ1v) is 7.91. The zero-order chi connectivity index (χ0) is 15.0. The molecule has 0 amide bonds. The van der Waals surface area contributed by atoms with Gasteiger partial charge in [0.1, 0.15) is 0 Å². The number of nitrogens with one attached hydrogen (secondary N) is 1. The van der Waals surface area contributed by atoms with Gasteiger partial charge in [0.05, 0.1) is 37.1 Å². The normalized spacial score (nSPS) is 14.7. The topological polar surface area (TPSA) is 74.6 Å². The lowest BCUT2D eigenvalue weighted by Gasteiger charge is -2.21. The Morgan fingerprint density at radius 3 is 2.75 bits per heavy atom. The number of aliphatic hydroxyl groups is 2. The Labute approximate surface area is 125 Å². The Hall–Kier alpha value is -0.530. The van der Waals surface area contributed by atoms with E-state index < -0.39 is 6.10 Å². The van der Waals surface area contributed by atoms with Gasteiger partial charge in [0, 0.05) is 23.9 Å². The fourth-order valence-corrected chi connectivity index (χ4v) is 2.57. The molecule has 0 radical (unpaired) electrons. The maximum absolute atomic E-state index is 9.81. The zero-order valence-corrected chi connectivity index (χ0v) is 13.3. The maximum atomic E-state index is 9.81. The van der Waals surface area contributed by atoms with Gasteiger partial charge in [-0.15, -0.1) is 11.3 Å². The largest absolute Gasteiger partial charge is 0.395 e. The van der Waals surface area contributed by atoms with Gasteiger partial charge in [0.2, 0.25) is 0 Å². The molecule has 1 aromatic heterocycles. The van der Waals surface area contributed by atoms with E-state index >= 15 is 0 Å². The lowest BCUT2D eigenvalue weighted by atomic mass is 10.1. The molecule has 1 aromatic rings. The second-order valence-electron chi connectivity index (χ2n) is 5.28. The number of thiazole rings is 1. The molecular weight excluding hydrogens is 276 g/mol. The average Bonchev–Trinajstić information content (AvgIpc) is 2.80. The summed E-state index contributed by atoms with van der Waals surface area (Å²) < 4.78 is 5.48. The van der Waals surface area contributed by atoms with Crippen molar-refractivity contribution in [2.45, 2.75) is 39.3 Å². The van der Waals surface area contributed by atoms with E-state index in [9.17, 15) is 10.2 Å². The van der Waals surface area contributed by atoms with Crippen LogP contribution in [0.15, 0.2) is 5.51 Å². The van der Waals surface area contributed by atoms with Crippen molar-refractivity contribution >= 4 is 11.3 Å². The standard InChI is InChI=1S/C14H26N2O3S/c1-10(2)13(7-17)15-6-12(18)8-19-5-4-14-11(3)16-9-20-14/h9-10,12-13,15,17-18H,4-8H2,1-3H3/t12?,13-/m1/s1. The van der Waals surface area contributed by atoms with Crippen LogP contribution in [0.5, 0.6) is 0 Å². The van der Waals surface area contributed by atoms with Crippen molar-refractivity contribution in [1.29, 1.82) is 0 Å². The summed E-state index contributed by atoms with van der Waals surface area (Å²) in [6, 6.07) is 0.0180. The molecule has 0 saturated carbocycles. The van der Waals surface area contributed by atoms with Crippen LogP contribution in [-0.2, 0) is 11.2 Å². The first-order valence-electron chi connectivity index (χ1n) is 7.03. The number of ether oxygens (including phenoxy) is 1. The van der Waals surface area contributed by atoms with Gasteiger partial charge in [-0.1, -0.05) is 13.8 Å². The first-order chi connectivity index (χ1) is 9.54. The third kappa shape index (κ3) is 6.28. The van der Waals surface area contributed by atoms with Gasteiger partial charge in [-0.05, 0) is 12.8 Å². The summed E-state index contributed by atoms with van der Waals surface area (Å²) in [6.07, 6.45) is 0.285. The van der Waals surface area contributed by atoms with Crippen molar-refractivity contribution in [1.82, 2.24) is 10.3 Å². The van der Waals surface area contributed by atoms with Crippen molar-refractivity contribution in [3.05, 3.63) is 16.1 Å². The van der Waals surface area contributed by atoms with Gasteiger partial charge in [0.15, 0.2) is 0 Å². The molecule has 0 fully saturated rings. The second-order valence-corrected chi connectivity index (χ2v) is 6.22. The van der Waals surface area contributed by atoms with Crippen molar-refractivity contribution in [2.24, 2.45) is 5.92 Å². The van der Waals surface area contributed by atoms with Crippen LogP contribution in [0.4, 0.5) is 0 Å². The fraction of sp³-hybridized carbons (Fsp3) is 0.786. The predicted octanol–water partition coefficient (Wildman–Crippen LogP) is 0.978. The smallest absolute Gasteiger partial charge is 0.0897 e. The minimum atomic E-state index is -0.551. The number of hydrogen-bond donors (Lipinski definition) is 3. The zero-order valence-electron chi connectivity index (χ0n) is 12.5. The molecule has 0 spiro atoms. The van der Waals surface area contributed by atoms with Crippen LogP contribution in [0.1, 0.15) is 24.4 Å². The Kier molecular flexibility index (Phi) is 8.25. The van der Waals surface area contributed by atoms with Crippen LogP contribution in [0, 0.1) is 12.8 Å². The van der Waals surface area contributed by atoms with Crippen molar-refractivity contribution < 1.29 is 14.9 Å². The molecule has 1 rings (SSSR count). The van der Waals surface area contributed by atoms with Gasteiger partial charge >= 0.3 is 0 Å². The number of aromatic nitrogens is 1. The summed E-state index contributed by atoms with van der Waals surface area (Å²) in [5.41, 5.74) is 2.90.